The van der Waals surface area contributed by atoms with Gasteiger partial charge in [0.25, 0.3) is 0 Å². The fraction of sp³-hybridized carbons (Fsp3) is 0.385. The van der Waals surface area contributed by atoms with Crippen LogP contribution in [0.15, 0.2) is 24.4 Å². The van der Waals surface area contributed by atoms with Gasteiger partial charge in [0.15, 0.2) is 0 Å². The molecule has 0 spiro atoms. The lowest BCUT2D eigenvalue weighted by Gasteiger charge is -2.10. The van der Waals surface area contributed by atoms with E-state index >= 15 is 0 Å². The lowest BCUT2D eigenvalue weighted by molar-refractivity contribution is 0.194. The van der Waals surface area contributed by atoms with Crippen LogP contribution in [0, 0.1) is 0 Å². The molecule has 0 saturated carbocycles. The molecule has 0 aliphatic rings. The normalized spacial score (nSPS) is 12.2. The average Bonchev–Trinajstić information content (AvgIpc) is 2.87. The number of aliphatic hydroxyl groups excluding tert-OH is 1. The molecule has 1 aromatic heterocycles. The highest BCUT2D eigenvalue weighted by atomic mass is 16.5. The number of aromatic nitrogens is 3. The number of rotatable bonds is 5. The molecule has 0 aliphatic heterocycles. The van der Waals surface area contributed by atoms with Crippen LogP contribution in [0.2, 0.25) is 0 Å². The van der Waals surface area contributed by atoms with Crippen molar-refractivity contribution in [3.63, 3.8) is 0 Å². The van der Waals surface area contributed by atoms with Crippen LogP contribution in [0.25, 0.3) is 0 Å². The number of hydrogen-bond acceptors (Lipinski definition) is 5. The Bertz CT molecular complexity index is 552. The third kappa shape index (κ3) is 3.03. The first-order valence-corrected chi connectivity index (χ1v) is 5.93. The number of aliphatic hydroxyl groups is 1. The number of hydrogen-bond donors (Lipinski definition) is 1. The minimum atomic E-state index is -0.624. The van der Waals surface area contributed by atoms with E-state index in [2.05, 4.69) is 10.3 Å². The zero-order valence-electron chi connectivity index (χ0n) is 11.2. The van der Waals surface area contributed by atoms with Gasteiger partial charge < -0.3 is 14.6 Å². The Kier molecular flexibility index (Phi) is 4.01. The van der Waals surface area contributed by atoms with E-state index in [9.17, 15) is 5.11 Å². The maximum Gasteiger partial charge on any atom is 0.124 e. The molecule has 6 nitrogen and oxygen atoms in total. The monoisotopic (exact) mass is 263 g/mol. The highest BCUT2D eigenvalue weighted by Crippen LogP contribution is 2.24. The molecule has 0 bridgehead atoms. The van der Waals surface area contributed by atoms with Crippen LogP contribution in [-0.4, -0.2) is 34.3 Å². The quantitative estimate of drug-likeness (QED) is 0.883. The van der Waals surface area contributed by atoms with Crippen LogP contribution >= 0.6 is 0 Å². The van der Waals surface area contributed by atoms with Crippen molar-refractivity contribution in [1.29, 1.82) is 0 Å². The minimum absolute atomic E-state index is 0.500. The molecular formula is C13H17N3O3. The molecule has 2 aromatic rings. The molecule has 19 heavy (non-hydrogen) atoms. The first kappa shape index (κ1) is 13.4. The summed E-state index contributed by atoms with van der Waals surface area (Å²) in [5, 5.41) is 17.3. The smallest absolute Gasteiger partial charge is 0.124 e. The molecule has 102 valence electrons. The van der Waals surface area contributed by atoms with Crippen molar-refractivity contribution >= 4 is 0 Å². The summed E-state index contributed by atoms with van der Waals surface area (Å²) in [6.07, 6.45) is 1.09. The molecule has 1 N–H and O–H groups in total. The van der Waals surface area contributed by atoms with E-state index in [4.69, 9.17) is 9.47 Å². The van der Waals surface area contributed by atoms with Gasteiger partial charge in [-0.2, -0.15) is 0 Å². The summed E-state index contributed by atoms with van der Waals surface area (Å²) in [5.41, 5.74) is 1.48. The van der Waals surface area contributed by atoms with Gasteiger partial charge >= 0.3 is 0 Å². The minimum Gasteiger partial charge on any atom is -0.497 e. The Labute approximate surface area is 111 Å². The van der Waals surface area contributed by atoms with Crippen molar-refractivity contribution in [1.82, 2.24) is 15.0 Å². The largest absolute Gasteiger partial charge is 0.497 e. The highest BCUT2D eigenvalue weighted by molar-refractivity contribution is 5.40. The number of ether oxygens (including phenoxy) is 2. The summed E-state index contributed by atoms with van der Waals surface area (Å²) >= 11 is 0. The van der Waals surface area contributed by atoms with E-state index in [1.165, 1.54) is 0 Å². The summed E-state index contributed by atoms with van der Waals surface area (Å²) in [5.74, 6) is 1.52. The van der Waals surface area contributed by atoms with Crippen LogP contribution in [0.3, 0.4) is 0 Å². The van der Waals surface area contributed by atoms with Crippen molar-refractivity contribution in [3.05, 3.63) is 35.7 Å². The summed E-state index contributed by atoms with van der Waals surface area (Å²) in [6.45, 7) is 2.15. The third-order valence-electron chi connectivity index (χ3n) is 2.80. The van der Waals surface area contributed by atoms with Gasteiger partial charge in [-0.15, -0.1) is 5.10 Å². The lowest BCUT2D eigenvalue weighted by atomic mass is 10.2. The van der Waals surface area contributed by atoms with Crippen LogP contribution in [0.1, 0.15) is 24.3 Å². The van der Waals surface area contributed by atoms with Gasteiger partial charge in [-0.25, -0.2) is 4.68 Å². The molecule has 1 atom stereocenters. The predicted octanol–water partition coefficient (Wildman–Crippen LogP) is 1.40. The molecule has 0 radical (unpaired) electrons. The van der Waals surface area contributed by atoms with Crippen molar-refractivity contribution < 1.29 is 14.6 Å². The standard InChI is InChI=1S/C13H17N3O3/c1-9(17)12-8-16(15-14-12)7-10-6-11(18-2)4-5-13(10)19-3/h4-6,8-9,17H,7H2,1-3H3. The maximum atomic E-state index is 9.43. The second-order valence-electron chi connectivity index (χ2n) is 4.19. The summed E-state index contributed by atoms with van der Waals surface area (Å²) in [7, 11) is 3.24. The van der Waals surface area contributed by atoms with Gasteiger partial charge in [0.05, 0.1) is 33.1 Å². The predicted molar refractivity (Wildman–Crippen MR) is 69.3 cm³/mol. The van der Waals surface area contributed by atoms with E-state index in [0.717, 1.165) is 17.1 Å². The van der Waals surface area contributed by atoms with Gasteiger partial charge in [-0.1, -0.05) is 5.21 Å². The van der Waals surface area contributed by atoms with Crippen molar-refractivity contribution in [2.75, 3.05) is 14.2 Å². The van der Waals surface area contributed by atoms with Crippen molar-refractivity contribution in [3.8, 4) is 11.5 Å². The van der Waals surface area contributed by atoms with Gasteiger partial charge in [-0.05, 0) is 25.1 Å². The zero-order valence-corrected chi connectivity index (χ0v) is 11.2. The van der Waals surface area contributed by atoms with Gasteiger partial charge in [0.1, 0.15) is 17.2 Å². The van der Waals surface area contributed by atoms with Crippen molar-refractivity contribution in [2.24, 2.45) is 0 Å². The third-order valence-corrected chi connectivity index (χ3v) is 2.80. The molecule has 0 saturated heterocycles. The number of nitrogens with zero attached hydrogens (tertiary/aromatic N) is 3. The Balaban J connectivity index is 2.25. The zero-order chi connectivity index (χ0) is 13.8. The first-order valence-electron chi connectivity index (χ1n) is 5.93. The Hall–Kier alpha value is -2.08. The molecule has 1 unspecified atom stereocenters. The van der Waals surface area contributed by atoms with Gasteiger partial charge in [-0.3, -0.25) is 0 Å². The summed E-state index contributed by atoms with van der Waals surface area (Å²) < 4.78 is 12.2. The van der Waals surface area contributed by atoms with E-state index in [0.29, 0.717) is 12.2 Å². The molecule has 6 heteroatoms. The number of benzene rings is 1. The number of methoxy groups -OCH3 is 2. The van der Waals surface area contributed by atoms with E-state index < -0.39 is 6.10 Å². The van der Waals surface area contributed by atoms with Crippen LogP contribution in [0.4, 0.5) is 0 Å². The molecule has 1 heterocycles. The maximum absolute atomic E-state index is 9.43. The Morgan fingerprint density at radius 1 is 1.32 bits per heavy atom. The molecule has 0 amide bonds. The lowest BCUT2D eigenvalue weighted by Crippen LogP contribution is -2.03. The van der Waals surface area contributed by atoms with Gasteiger partial charge in [0.2, 0.25) is 0 Å². The average molecular weight is 263 g/mol. The fourth-order valence-electron chi connectivity index (χ4n) is 1.76. The molecule has 0 fully saturated rings. The van der Waals surface area contributed by atoms with Crippen LogP contribution in [0.5, 0.6) is 11.5 Å². The summed E-state index contributed by atoms with van der Waals surface area (Å²) in [6, 6.07) is 5.58. The summed E-state index contributed by atoms with van der Waals surface area (Å²) in [4.78, 5) is 0. The van der Waals surface area contributed by atoms with Crippen LogP contribution in [-0.2, 0) is 6.54 Å². The molecular weight excluding hydrogens is 246 g/mol. The van der Waals surface area contributed by atoms with Crippen molar-refractivity contribution in [2.45, 2.75) is 19.6 Å². The Morgan fingerprint density at radius 2 is 2.11 bits per heavy atom. The first-order chi connectivity index (χ1) is 9.13. The van der Waals surface area contributed by atoms with Crippen LogP contribution < -0.4 is 9.47 Å². The van der Waals surface area contributed by atoms with E-state index in [1.807, 2.05) is 18.2 Å². The SMILES string of the molecule is COc1ccc(OC)c(Cn2cc(C(C)O)nn2)c1. The molecule has 0 aliphatic carbocycles. The van der Waals surface area contributed by atoms with Gasteiger partial charge in [0, 0.05) is 5.56 Å². The molecule has 2 rings (SSSR count). The second kappa shape index (κ2) is 5.71. The van der Waals surface area contributed by atoms with E-state index in [1.54, 1.807) is 32.0 Å². The highest BCUT2D eigenvalue weighted by Gasteiger charge is 2.10. The van der Waals surface area contributed by atoms with E-state index in [-0.39, 0.29) is 0 Å². The molecule has 1 aromatic carbocycles. The fourth-order valence-corrected chi connectivity index (χ4v) is 1.76. The second-order valence-corrected chi connectivity index (χ2v) is 4.19. The Morgan fingerprint density at radius 3 is 2.68 bits per heavy atom. The topological polar surface area (TPSA) is 69.4 Å².